The number of rotatable bonds is 2. The highest BCUT2D eigenvalue weighted by atomic mass is 32.1. The van der Waals surface area contributed by atoms with Gasteiger partial charge in [-0.25, -0.2) is 0 Å². The molecule has 2 rings (SSSR count). The van der Waals surface area contributed by atoms with Crippen molar-refractivity contribution in [3.8, 4) is 6.07 Å². The molecule has 4 heteroatoms. The summed E-state index contributed by atoms with van der Waals surface area (Å²) in [6, 6.07) is 8.58. The number of hydrogen-bond acceptors (Lipinski definition) is 4. The van der Waals surface area contributed by atoms with Crippen LogP contribution < -0.4 is 0 Å². The summed E-state index contributed by atoms with van der Waals surface area (Å²) in [5.74, 6) is -0.0537. The minimum Gasteiger partial charge on any atom is -0.288 e. The van der Waals surface area contributed by atoms with Crippen LogP contribution in [0, 0.1) is 11.3 Å². The third-order valence-corrected chi connectivity index (χ3v) is 2.70. The van der Waals surface area contributed by atoms with Crippen LogP contribution >= 0.6 is 11.3 Å². The van der Waals surface area contributed by atoms with E-state index in [-0.39, 0.29) is 5.78 Å². The average molecular weight is 214 g/mol. The van der Waals surface area contributed by atoms with E-state index < -0.39 is 0 Å². The first-order chi connectivity index (χ1) is 7.31. The fourth-order valence-corrected chi connectivity index (χ4v) is 1.75. The van der Waals surface area contributed by atoms with Crippen LogP contribution in [0.3, 0.4) is 0 Å². The Labute approximate surface area is 90.6 Å². The molecule has 0 bridgehead atoms. The third kappa shape index (κ3) is 1.92. The molecule has 1 aromatic heterocycles. The molecule has 0 N–H and O–H groups in total. The molecule has 0 spiro atoms. The molecule has 0 aliphatic heterocycles. The van der Waals surface area contributed by atoms with Gasteiger partial charge in [-0.3, -0.25) is 9.78 Å². The van der Waals surface area contributed by atoms with Crippen LogP contribution in [-0.2, 0) is 0 Å². The Morgan fingerprint density at radius 1 is 1.33 bits per heavy atom. The van der Waals surface area contributed by atoms with E-state index in [4.69, 9.17) is 5.26 Å². The number of benzene rings is 1. The van der Waals surface area contributed by atoms with Gasteiger partial charge in [-0.05, 0) is 24.3 Å². The summed E-state index contributed by atoms with van der Waals surface area (Å²) in [7, 11) is 0. The molecule has 0 aliphatic carbocycles. The minimum atomic E-state index is -0.0537. The SMILES string of the molecule is N#Cc1ccc(C(=O)c2cncs2)cc1. The number of nitrogens with zero attached hydrogens (tertiary/aromatic N) is 2. The fraction of sp³-hybridized carbons (Fsp3) is 0. The summed E-state index contributed by atoms with van der Waals surface area (Å²) in [5.41, 5.74) is 2.76. The maximum absolute atomic E-state index is 11.8. The van der Waals surface area contributed by atoms with Crippen LogP contribution in [0.25, 0.3) is 0 Å². The topological polar surface area (TPSA) is 53.8 Å². The minimum absolute atomic E-state index is 0.0537. The van der Waals surface area contributed by atoms with E-state index in [1.807, 2.05) is 6.07 Å². The molecule has 0 unspecified atom stereocenters. The molecule has 0 saturated carbocycles. The zero-order chi connectivity index (χ0) is 10.7. The van der Waals surface area contributed by atoms with Crippen LogP contribution in [0.1, 0.15) is 20.8 Å². The smallest absolute Gasteiger partial charge is 0.204 e. The van der Waals surface area contributed by atoms with Crippen molar-refractivity contribution in [3.63, 3.8) is 0 Å². The second-order valence-corrected chi connectivity index (χ2v) is 3.77. The van der Waals surface area contributed by atoms with Gasteiger partial charge in [0.25, 0.3) is 0 Å². The van der Waals surface area contributed by atoms with Crippen molar-refractivity contribution in [2.75, 3.05) is 0 Å². The van der Waals surface area contributed by atoms with Gasteiger partial charge in [0.15, 0.2) is 0 Å². The number of ketones is 1. The van der Waals surface area contributed by atoms with Gasteiger partial charge >= 0.3 is 0 Å². The number of carbonyl (C=O) groups is 1. The Balaban J connectivity index is 2.32. The van der Waals surface area contributed by atoms with Gasteiger partial charge in [0, 0.05) is 11.8 Å². The molecular weight excluding hydrogens is 208 g/mol. The Hall–Kier alpha value is -1.99. The third-order valence-electron chi connectivity index (χ3n) is 1.93. The van der Waals surface area contributed by atoms with Gasteiger partial charge in [0.2, 0.25) is 5.78 Å². The fourth-order valence-electron chi connectivity index (χ4n) is 1.17. The number of thiazole rings is 1. The highest BCUT2D eigenvalue weighted by molar-refractivity contribution is 7.11. The van der Waals surface area contributed by atoms with E-state index >= 15 is 0 Å². The molecule has 72 valence electrons. The number of nitriles is 1. The summed E-state index contributed by atoms with van der Waals surface area (Å²) in [5, 5.41) is 8.61. The highest BCUT2D eigenvalue weighted by Gasteiger charge is 2.09. The molecule has 0 aliphatic rings. The molecule has 0 radical (unpaired) electrons. The molecule has 0 amide bonds. The second kappa shape index (κ2) is 4.03. The van der Waals surface area contributed by atoms with E-state index in [1.165, 1.54) is 11.3 Å². The first kappa shape index (κ1) is 9.56. The molecule has 0 atom stereocenters. The van der Waals surface area contributed by atoms with Crippen molar-refractivity contribution in [3.05, 3.63) is 52.0 Å². The lowest BCUT2D eigenvalue weighted by Gasteiger charge is -1.96. The first-order valence-electron chi connectivity index (χ1n) is 4.24. The second-order valence-electron chi connectivity index (χ2n) is 2.88. The summed E-state index contributed by atoms with van der Waals surface area (Å²) in [6.07, 6.45) is 1.55. The van der Waals surface area contributed by atoms with Gasteiger partial charge < -0.3 is 0 Å². The van der Waals surface area contributed by atoms with Crippen molar-refractivity contribution in [1.82, 2.24) is 4.98 Å². The Kier molecular flexibility index (Phi) is 2.57. The largest absolute Gasteiger partial charge is 0.288 e. The maximum Gasteiger partial charge on any atom is 0.204 e. The Bertz CT molecular complexity index is 509. The van der Waals surface area contributed by atoms with Crippen LogP contribution in [0.5, 0.6) is 0 Å². The number of carbonyl (C=O) groups excluding carboxylic acids is 1. The quantitative estimate of drug-likeness (QED) is 0.720. The summed E-state index contributed by atoms with van der Waals surface area (Å²) in [6.45, 7) is 0. The normalized spacial score (nSPS) is 9.53. The maximum atomic E-state index is 11.8. The monoisotopic (exact) mass is 214 g/mol. The highest BCUT2D eigenvalue weighted by Crippen LogP contribution is 2.13. The summed E-state index contributed by atoms with van der Waals surface area (Å²) in [4.78, 5) is 16.3. The van der Waals surface area contributed by atoms with Crippen molar-refractivity contribution >= 4 is 17.1 Å². The van der Waals surface area contributed by atoms with Crippen LogP contribution in [0.15, 0.2) is 36.0 Å². The van der Waals surface area contributed by atoms with E-state index in [9.17, 15) is 4.79 Å². The molecule has 0 saturated heterocycles. The lowest BCUT2D eigenvalue weighted by molar-refractivity contribution is 0.104. The summed E-state index contributed by atoms with van der Waals surface area (Å²) < 4.78 is 0. The molecule has 2 aromatic rings. The molecule has 3 nitrogen and oxygen atoms in total. The zero-order valence-electron chi connectivity index (χ0n) is 7.68. The van der Waals surface area contributed by atoms with Gasteiger partial charge in [-0.2, -0.15) is 5.26 Å². The van der Waals surface area contributed by atoms with E-state index in [0.717, 1.165) is 0 Å². The standard InChI is InChI=1S/C11H6N2OS/c12-5-8-1-3-9(4-2-8)11(14)10-6-13-7-15-10/h1-4,6-7H. The van der Waals surface area contributed by atoms with Crippen molar-refractivity contribution in [2.24, 2.45) is 0 Å². The summed E-state index contributed by atoms with van der Waals surface area (Å²) >= 11 is 1.31. The predicted molar refractivity (Wildman–Crippen MR) is 56.7 cm³/mol. The molecular formula is C11H6N2OS. The van der Waals surface area contributed by atoms with Crippen molar-refractivity contribution < 1.29 is 4.79 Å². The van der Waals surface area contributed by atoms with E-state index in [0.29, 0.717) is 16.0 Å². The average Bonchev–Trinajstić information content (AvgIpc) is 2.82. The van der Waals surface area contributed by atoms with Gasteiger partial charge in [0.1, 0.15) is 0 Å². The van der Waals surface area contributed by atoms with Gasteiger partial charge in [-0.15, -0.1) is 11.3 Å². The Morgan fingerprint density at radius 3 is 2.60 bits per heavy atom. The van der Waals surface area contributed by atoms with Crippen molar-refractivity contribution in [1.29, 1.82) is 5.26 Å². The molecule has 1 aromatic carbocycles. The molecule has 1 heterocycles. The van der Waals surface area contributed by atoms with E-state index in [1.54, 1.807) is 36.0 Å². The predicted octanol–water partition coefficient (Wildman–Crippen LogP) is 2.25. The lowest BCUT2D eigenvalue weighted by atomic mass is 10.1. The number of aromatic nitrogens is 1. The molecule has 0 fully saturated rings. The molecule has 15 heavy (non-hydrogen) atoms. The van der Waals surface area contributed by atoms with Crippen LogP contribution in [-0.4, -0.2) is 10.8 Å². The van der Waals surface area contributed by atoms with Crippen LogP contribution in [0.2, 0.25) is 0 Å². The number of hydrogen-bond donors (Lipinski definition) is 0. The van der Waals surface area contributed by atoms with Crippen LogP contribution in [0.4, 0.5) is 0 Å². The van der Waals surface area contributed by atoms with Crippen molar-refractivity contribution in [2.45, 2.75) is 0 Å². The lowest BCUT2D eigenvalue weighted by Crippen LogP contribution is -1.98. The first-order valence-corrected chi connectivity index (χ1v) is 5.12. The zero-order valence-corrected chi connectivity index (χ0v) is 8.49. The van der Waals surface area contributed by atoms with Gasteiger partial charge in [0.05, 0.1) is 22.0 Å². The van der Waals surface area contributed by atoms with E-state index in [2.05, 4.69) is 4.98 Å². The van der Waals surface area contributed by atoms with Gasteiger partial charge in [-0.1, -0.05) is 0 Å². The Morgan fingerprint density at radius 2 is 2.07 bits per heavy atom.